The van der Waals surface area contributed by atoms with Crippen molar-refractivity contribution in [2.24, 2.45) is 0 Å². The van der Waals surface area contributed by atoms with Gasteiger partial charge in [-0.2, -0.15) is 0 Å². The molecule has 0 saturated carbocycles. The number of Topliss-reactive ketones (excluding diaryl/α,β-unsaturated/α-hetero) is 1. The number of aliphatic hydroxyl groups excluding tert-OH is 1. The van der Waals surface area contributed by atoms with Gasteiger partial charge in [-0.3, -0.25) is 9.59 Å². The summed E-state index contributed by atoms with van der Waals surface area (Å²) in [5.41, 5.74) is 1.91. The molecule has 5 heteroatoms. The summed E-state index contributed by atoms with van der Waals surface area (Å²) in [6.45, 7) is 5.27. The Kier molecular flexibility index (Phi) is 4.21. The van der Waals surface area contributed by atoms with Crippen LogP contribution in [0.2, 0.25) is 0 Å². The monoisotopic (exact) mass is 341 g/mol. The van der Waals surface area contributed by atoms with E-state index in [0.717, 1.165) is 11.1 Å². The van der Waals surface area contributed by atoms with Crippen LogP contribution in [0.1, 0.15) is 58.7 Å². The van der Waals surface area contributed by atoms with Crippen molar-refractivity contribution >= 4 is 11.7 Å². The highest BCUT2D eigenvalue weighted by Gasteiger charge is 2.46. The van der Waals surface area contributed by atoms with Crippen LogP contribution in [-0.4, -0.2) is 22.9 Å². The van der Waals surface area contributed by atoms with Crippen molar-refractivity contribution in [2.75, 3.05) is 0 Å². The summed E-state index contributed by atoms with van der Waals surface area (Å²) in [4.78, 5) is 24.2. The fraction of sp³-hybridized carbons (Fsp3) is 0.300. The first-order valence-electron chi connectivity index (χ1n) is 8.11. The average Bonchev–Trinajstić information content (AvgIpc) is 2.76. The number of amides is 1. The van der Waals surface area contributed by atoms with Crippen molar-refractivity contribution in [3.05, 3.63) is 70.5 Å². The topological polar surface area (TPSA) is 66.4 Å². The third kappa shape index (κ3) is 2.96. The molecule has 1 aliphatic rings. The molecule has 130 valence electrons. The first kappa shape index (κ1) is 17.3. The molecular weight excluding hydrogens is 321 g/mol. The van der Waals surface area contributed by atoms with Gasteiger partial charge in [0, 0.05) is 16.5 Å². The Labute approximate surface area is 145 Å². The minimum atomic E-state index is -0.839. The zero-order valence-corrected chi connectivity index (χ0v) is 14.3. The highest BCUT2D eigenvalue weighted by Crippen LogP contribution is 2.45. The Morgan fingerprint density at radius 1 is 1.08 bits per heavy atom. The highest BCUT2D eigenvalue weighted by atomic mass is 19.1. The number of fused-ring (bicyclic) bond motifs is 1. The molecule has 2 N–H and O–H groups in total. The van der Waals surface area contributed by atoms with Gasteiger partial charge in [0.2, 0.25) is 0 Å². The lowest BCUT2D eigenvalue weighted by atomic mass is 9.84. The summed E-state index contributed by atoms with van der Waals surface area (Å²) in [6.07, 6.45) is -0.839. The van der Waals surface area contributed by atoms with Gasteiger partial charge in [-0.1, -0.05) is 26.0 Å². The smallest absolute Gasteiger partial charge is 0.251 e. The number of nitrogens with one attached hydrogen (secondary N) is 1. The van der Waals surface area contributed by atoms with E-state index in [0.29, 0.717) is 11.1 Å². The zero-order chi connectivity index (χ0) is 18.4. The van der Waals surface area contributed by atoms with Crippen molar-refractivity contribution in [3.63, 3.8) is 0 Å². The molecule has 4 nitrogen and oxygen atoms in total. The predicted molar refractivity (Wildman–Crippen MR) is 92.1 cm³/mol. The number of hydrogen-bond donors (Lipinski definition) is 2. The van der Waals surface area contributed by atoms with Gasteiger partial charge in [0.15, 0.2) is 5.78 Å². The Morgan fingerprint density at radius 2 is 1.68 bits per heavy atom. The molecule has 0 aliphatic heterocycles. The Balaban J connectivity index is 1.97. The Morgan fingerprint density at radius 3 is 2.28 bits per heavy atom. The lowest BCUT2D eigenvalue weighted by Crippen LogP contribution is -2.39. The first-order chi connectivity index (χ1) is 11.7. The van der Waals surface area contributed by atoms with Crippen LogP contribution >= 0.6 is 0 Å². The third-order valence-electron chi connectivity index (χ3n) is 4.94. The van der Waals surface area contributed by atoms with Crippen molar-refractivity contribution < 1.29 is 19.1 Å². The van der Waals surface area contributed by atoms with E-state index in [1.807, 2.05) is 19.9 Å². The van der Waals surface area contributed by atoms with E-state index in [9.17, 15) is 19.1 Å². The van der Waals surface area contributed by atoms with Gasteiger partial charge in [0.05, 0.1) is 12.1 Å². The molecule has 0 fully saturated rings. The number of aliphatic hydroxyl groups is 1. The number of ketones is 1. The fourth-order valence-corrected chi connectivity index (χ4v) is 3.35. The van der Waals surface area contributed by atoms with Crippen molar-refractivity contribution in [1.29, 1.82) is 0 Å². The van der Waals surface area contributed by atoms with Crippen LogP contribution in [0, 0.1) is 5.82 Å². The molecule has 0 heterocycles. The maximum Gasteiger partial charge on any atom is 0.251 e. The second-order valence-corrected chi connectivity index (χ2v) is 6.98. The molecular formula is C20H20FNO3. The zero-order valence-electron chi connectivity index (χ0n) is 14.3. The second-order valence-electron chi connectivity index (χ2n) is 6.98. The van der Waals surface area contributed by atoms with E-state index in [1.165, 1.54) is 31.2 Å². The normalized spacial score (nSPS) is 20.8. The third-order valence-corrected chi connectivity index (χ3v) is 4.94. The van der Waals surface area contributed by atoms with Crippen LogP contribution < -0.4 is 5.32 Å². The number of carbonyl (C=O) groups excluding carboxylic acids is 2. The molecule has 0 spiro atoms. The van der Waals surface area contributed by atoms with Crippen LogP contribution in [0.15, 0.2) is 42.5 Å². The SMILES string of the molecule is CC(=O)c1ccc2c(c1)[C@H](NC(=O)c1ccc(F)cc1)[C@@H](O)C2(C)C. The Bertz CT molecular complexity index is 843. The highest BCUT2D eigenvalue weighted by molar-refractivity contribution is 5.95. The number of benzene rings is 2. The lowest BCUT2D eigenvalue weighted by Gasteiger charge is -2.27. The van der Waals surface area contributed by atoms with Crippen LogP contribution in [0.3, 0.4) is 0 Å². The molecule has 0 radical (unpaired) electrons. The van der Waals surface area contributed by atoms with E-state index < -0.39 is 29.3 Å². The van der Waals surface area contributed by atoms with Crippen molar-refractivity contribution in [3.8, 4) is 0 Å². The average molecular weight is 341 g/mol. The summed E-state index contributed by atoms with van der Waals surface area (Å²) in [7, 11) is 0. The maximum absolute atomic E-state index is 13.0. The molecule has 2 atom stereocenters. The van der Waals surface area contributed by atoms with E-state index in [4.69, 9.17) is 0 Å². The molecule has 1 aliphatic carbocycles. The van der Waals surface area contributed by atoms with Crippen LogP contribution in [0.5, 0.6) is 0 Å². The van der Waals surface area contributed by atoms with Gasteiger partial charge in [-0.05, 0) is 48.4 Å². The maximum atomic E-state index is 13.0. The quantitative estimate of drug-likeness (QED) is 0.843. The predicted octanol–water partition coefficient (Wildman–Crippen LogP) is 3.15. The van der Waals surface area contributed by atoms with Gasteiger partial charge >= 0.3 is 0 Å². The molecule has 3 rings (SSSR count). The molecule has 0 bridgehead atoms. The first-order valence-corrected chi connectivity index (χ1v) is 8.11. The number of carbonyl (C=O) groups is 2. The van der Waals surface area contributed by atoms with Crippen molar-refractivity contribution in [2.45, 2.75) is 38.3 Å². The largest absolute Gasteiger partial charge is 0.390 e. The van der Waals surface area contributed by atoms with Crippen LogP contribution in [0.4, 0.5) is 4.39 Å². The molecule has 0 aromatic heterocycles. The van der Waals surface area contributed by atoms with E-state index in [1.54, 1.807) is 12.1 Å². The minimum absolute atomic E-state index is 0.0781. The van der Waals surface area contributed by atoms with Gasteiger partial charge in [0.1, 0.15) is 5.82 Å². The summed E-state index contributed by atoms with van der Waals surface area (Å²) in [6, 6.07) is 9.87. The van der Waals surface area contributed by atoms with E-state index >= 15 is 0 Å². The molecule has 0 unspecified atom stereocenters. The number of rotatable bonds is 3. The second kappa shape index (κ2) is 6.08. The van der Waals surface area contributed by atoms with E-state index in [-0.39, 0.29) is 5.78 Å². The van der Waals surface area contributed by atoms with Crippen molar-refractivity contribution in [1.82, 2.24) is 5.32 Å². The standard InChI is InChI=1S/C20H20FNO3/c1-11(23)13-6-9-16-15(10-13)17(18(24)20(16,2)3)22-19(25)12-4-7-14(21)8-5-12/h4-10,17-18,24H,1-3H3,(H,22,25)/t17-,18+/m0/s1. The summed E-state index contributed by atoms with van der Waals surface area (Å²) >= 11 is 0. The molecule has 25 heavy (non-hydrogen) atoms. The fourth-order valence-electron chi connectivity index (χ4n) is 3.35. The molecule has 0 saturated heterocycles. The number of hydrogen-bond acceptors (Lipinski definition) is 3. The van der Waals surface area contributed by atoms with Gasteiger partial charge in [-0.15, -0.1) is 0 Å². The Hall–Kier alpha value is -2.53. The molecule has 2 aromatic rings. The van der Waals surface area contributed by atoms with Crippen LogP contribution in [-0.2, 0) is 5.41 Å². The lowest BCUT2D eigenvalue weighted by molar-refractivity contribution is 0.0674. The van der Waals surface area contributed by atoms with Gasteiger partial charge < -0.3 is 10.4 Å². The van der Waals surface area contributed by atoms with Gasteiger partial charge in [-0.25, -0.2) is 4.39 Å². The van der Waals surface area contributed by atoms with E-state index in [2.05, 4.69) is 5.32 Å². The van der Waals surface area contributed by atoms with Gasteiger partial charge in [0.25, 0.3) is 5.91 Å². The minimum Gasteiger partial charge on any atom is -0.390 e. The number of halogens is 1. The summed E-state index contributed by atoms with van der Waals surface area (Å²) in [5, 5.41) is 13.6. The molecule has 1 amide bonds. The van der Waals surface area contributed by atoms with Crippen LogP contribution in [0.25, 0.3) is 0 Å². The summed E-state index contributed by atoms with van der Waals surface area (Å²) in [5.74, 6) is -0.901. The summed E-state index contributed by atoms with van der Waals surface area (Å²) < 4.78 is 13.0. The molecule has 2 aromatic carbocycles.